The SMILES string of the molecule is Cc1ccnc(-c2ccc(O)c(C)c2)c1. The van der Waals surface area contributed by atoms with Crippen molar-refractivity contribution in [3.63, 3.8) is 0 Å². The number of aromatic hydroxyl groups is 1. The summed E-state index contributed by atoms with van der Waals surface area (Å²) in [5.41, 5.74) is 4.04. The molecule has 0 aliphatic heterocycles. The molecule has 0 bridgehead atoms. The van der Waals surface area contributed by atoms with Crippen LogP contribution < -0.4 is 0 Å². The number of aromatic nitrogens is 1. The number of hydrogen-bond acceptors (Lipinski definition) is 2. The van der Waals surface area contributed by atoms with Gasteiger partial charge in [0.25, 0.3) is 0 Å². The summed E-state index contributed by atoms with van der Waals surface area (Å²) in [4.78, 5) is 4.30. The molecule has 76 valence electrons. The van der Waals surface area contributed by atoms with Crippen LogP contribution in [0.3, 0.4) is 0 Å². The van der Waals surface area contributed by atoms with Crippen LogP contribution in [0, 0.1) is 13.8 Å². The van der Waals surface area contributed by atoms with Gasteiger partial charge in [-0.05, 0) is 55.3 Å². The summed E-state index contributed by atoms with van der Waals surface area (Å²) in [5, 5.41) is 9.42. The minimum Gasteiger partial charge on any atom is -0.508 e. The van der Waals surface area contributed by atoms with Crippen LogP contribution in [0.15, 0.2) is 36.5 Å². The largest absolute Gasteiger partial charge is 0.508 e. The number of nitrogens with zero attached hydrogens (tertiary/aromatic N) is 1. The van der Waals surface area contributed by atoms with E-state index in [0.717, 1.165) is 16.8 Å². The molecule has 2 aromatic rings. The molecule has 0 amide bonds. The number of benzene rings is 1. The van der Waals surface area contributed by atoms with Crippen LogP contribution in [0.2, 0.25) is 0 Å². The molecule has 2 nitrogen and oxygen atoms in total. The fourth-order valence-electron chi connectivity index (χ4n) is 1.51. The maximum Gasteiger partial charge on any atom is 0.118 e. The van der Waals surface area contributed by atoms with Crippen molar-refractivity contribution in [2.45, 2.75) is 13.8 Å². The summed E-state index contributed by atoms with van der Waals surface area (Å²) in [5.74, 6) is 0.325. The first kappa shape index (κ1) is 9.71. The molecule has 0 aliphatic rings. The summed E-state index contributed by atoms with van der Waals surface area (Å²) in [6, 6.07) is 9.53. The molecule has 0 radical (unpaired) electrons. The zero-order valence-electron chi connectivity index (χ0n) is 8.86. The summed E-state index contributed by atoms with van der Waals surface area (Å²) in [6.45, 7) is 3.92. The molecule has 15 heavy (non-hydrogen) atoms. The van der Waals surface area contributed by atoms with Gasteiger partial charge in [-0.15, -0.1) is 0 Å². The number of hydrogen-bond donors (Lipinski definition) is 1. The molecule has 1 heterocycles. The van der Waals surface area contributed by atoms with Crippen molar-refractivity contribution in [2.75, 3.05) is 0 Å². The van der Waals surface area contributed by atoms with E-state index in [9.17, 15) is 5.11 Å². The quantitative estimate of drug-likeness (QED) is 0.765. The van der Waals surface area contributed by atoms with Gasteiger partial charge in [0.2, 0.25) is 0 Å². The van der Waals surface area contributed by atoms with E-state index >= 15 is 0 Å². The van der Waals surface area contributed by atoms with E-state index in [1.165, 1.54) is 5.56 Å². The lowest BCUT2D eigenvalue weighted by atomic mass is 10.1. The van der Waals surface area contributed by atoms with Gasteiger partial charge in [-0.1, -0.05) is 0 Å². The lowest BCUT2D eigenvalue weighted by Crippen LogP contribution is -1.85. The number of phenols is 1. The molecule has 1 N–H and O–H groups in total. The summed E-state index contributed by atoms with van der Waals surface area (Å²) < 4.78 is 0. The molecule has 0 saturated carbocycles. The van der Waals surface area contributed by atoms with Crippen molar-refractivity contribution in [2.24, 2.45) is 0 Å². The second-order valence-corrected chi connectivity index (χ2v) is 3.72. The van der Waals surface area contributed by atoms with E-state index in [0.29, 0.717) is 5.75 Å². The molecular formula is C13H13NO. The average molecular weight is 199 g/mol. The van der Waals surface area contributed by atoms with Gasteiger partial charge in [0.1, 0.15) is 5.75 Å². The van der Waals surface area contributed by atoms with E-state index in [4.69, 9.17) is 0 Å². The Labute approximate surface area is 89.2 Å². The van der Waals surface area contributed by atoms with Crippen LogP contribution in [0.1, 0.15) is 11.1 Å². The third-order valence-corrected chi connectivity index (χ3v) is 2.41. The molecule has 0 spiro atoms. The highest BCUT2D eigenvalue weighted by atomic mass is 16.3. The number of aryl methyl sites for hydroxylation is 2. The Hall–Kier alpha value is -1.83. The van der Waals surface area contributed by atoms with E-state index in [2.05, 4.69) is 4.98 Å². The number of pyridine rings is 1. The fourth-order valence-corrected chi connectivity index (χ4v) is 1.51. The summed E-state index contributed by atoms with van der Waals surface area (Å²) in [6.07, 6.45) is 1.80. The molecule has 2 heteroatoms. The van der Waals surface area contributed by atoms with Crippen molar-refractivity contribution < 1.29 is 5.11 Å². The van der Waals surface area contributed by atoms with Crippen molar-refractivity contribution in [1.29, 1.82) is 0 Å². The van der Waals surface area contributed by atoms with Crippen molar-refractivity contribution >= 4 is 0 Å². The molecule has 1 aromatic carbocycles. The topological polar surface area (TPSA) is 33.1 Å². The maximum atomic E-state index is 9.42. The highest BCUT2D eigenvalue weighted by Gasteiger charge is 2.02. The van der Waals surface area contributed by atoms with Crippen molar-refractivity contribution in [1.82, 2.24) is 4.98 Å². The van der Waals surface area contributed by atoms with Gasteiger partial charge in [-0.25, -0.2) is 0 Å². The Morgan fingerprint density at radius 3 is 2.53 bits per heavy atom. The summed E-state index contributed by atoms with van der Waals surface area (Å²) >= 11 is 0. The van der Waals surface area contributed by atoms with Crippen LogP contribution in [0.25, 0.3) is 11.3 Å². The lowest BCUT2D eigenvalue weighted by Gasteiger charge is -2.04. The van der Waals surface area contributed by atoms with Crippen LogP contribution in [-0.2, 0) is 0 Å². The molecule has 1 aromatic heterocycles. The molecule has 0 atom stereocenters. The highest BCUT2D eigenvalue weighted by molar-refractivity contribution is 5.62. The van der Waals surface area contributed by atoms with Gasteiger partial charge in [-0.3, -0.25) is 4.98 Å². The Kier molecular flexibility index (Phi) is 2.42. The minimum absolute atomic E-state index is 0.325. The van der Waals surface area contributed by atoms with Crippen LogP contribution in [0.4, 0.5) is 0 Å². The summed E-state index contributed by atoms with van der Waals surface area (Å²) in [7, 11) is 0. The van der Waals surface area contributed by atoms with Crippen molar-refractivity contribution in [3.05, 3.63) is 47.7 Å². The average Bonchev–Trinajstić information content (AvgIpc) is 2.22. The first-order valence-corrected chi connectivity index (χ1v) is 4.89. The zero-order valence-corrected chi connectivity index (χ0v) is 8.86. The smallest absolute Gasteiger partial charge is 0.118 e. The first-order valence-electron chi connectivity index (χ1n) is 4.89. The molecular weight excluding hydrogens is 186 g/mol. The highest BCUT2D eigenvalue weighted by Crippen LogP contribution is 2.24. The maximum absolute atomic E-state index is 9.42. The lowest BCUT2D eigenvalue weighted by molar-refractivity contribution is 0.471. The number of phenolic OH excluding ortho intramolecular Hbond substituents is 1. The predicted octanol–water partition coefficient (Wildman–Crippen LogP) is 3.07. The Balaban J connectivity index is 2.50. The van der Waals surface area contributed by atoms with Gasteiger partial charge in [-0.2, -0.15) is 0 Å². The van der Waals surface area contributed by atoms with E-state index in [-0.39, 0.29) is 0 Å². The second kappa shape index (κ2) is 3.73. The third-order valence-electron chi connectivity index (χ3n) is 2.41. The van der Waals surface area contributed by atoms with Crippen molar-refractivity contribution in [3.8, 4) is 17.0 Å². The Morgan fingerprint density at radius 1 is 1.07 bits per heavy atom. The minimum atomic E-state index is 0.325. The van der Waals surface area contributed by atoms with Gasteiger partial charge in [0.15, 0.2) is 0 Å². The van der Waals surface area contributed by atoms with E-state index in [1.807, 2.05) is 38.1 Å². The Bertz CT molecular complexity index is 492. The van der Waals surface area contributed by atoms with E-state index < -0.39 is 0 Å². The van der Waals surface area contributed by atoms with Gasteiger partial charge in [0.05, 0.1) is 5.69 Å². The first-order chi connectivity index (χ1) is 7.16. The molecule has 0 saturated heterocycles. The van der Waals surface area contributed by atoms with Crippen LogP contribution in [0.5, 0.6) is 5.75 Å². The third kappa shape index (κ3) is 1.99. The molecule has 0 unspecified atom stereocenters. The van der Waals surface area contributed by atoms with Gasteiger partial charge < -0.3 is 5.11 Å². The van der Waals surface area contributed by atoms with Gasteiger partial charge >= 0.3 is 0 Å². The molecule has 0 fully saturated rings. The fraction of sp³-hybridized carbons (Fsp3) is 0.154. The van der Waals surface area contributed by atoms with Crippen LogP contribution >= 0.6 is 0 Å². The Morgan fingerprint density at radius 2 is 1.87 bits per heavy atom. The monoisotopic (exact) mass is 199 g/mol. The predicted molar refractivity (Wildman–Crippen MR) is 60.8 cm³/mol. The van der Waals surface area contributed by atoms with Crippen LogP contribution in [-0.4, -0.2) is 10.1 Å². The molecule has 2 rings (SSSR count). The standard InChI is InChI=1S/C13H13NO/c1-9-5-6-14-12(7-9)11-3-4-13(15)10(2)8-11/h3-8,15H,1-2H3. The zero-order chi connectivity index (χ0) is 10.8. The van der Waals surface area contributed by atoms with Gasteiger partial charge in [0, 0.05) is 11.8 Å². The number of rotatable bonds is 1. The second-order valence-electron chi connectivity index (χ2n) is 3.72. The normalized spacial score (nSPS) is 10.3. The molecule has 0 aliphatic carbocycles. The van der Waals surface area contributed by atoms with E-state index in [1.54, 1.807) is 12.3 Å².